The van der Waals surface area contributed by atoms with Crippen molar-refractivity contribution in [1.82, 2.24) is 0 Å². The van der Waals surface area contributed by atoms with Crippen molar-refractivity contribution < 1.29 is 24.2 Å². The molecule has 3 aliphatic carbocycles. The summed E-state index contributed by atoms with van der Waals surface area (Å²) in [6.45, 7) is 8.41. The zero-order valence-electron chi connectivity index (χ0n) is 18.3. The van der Waals surface area contributed by atoms with E-state index in [1.165, 1.54) is 14.0 Å². The van der Waals surface area contributed by atoms with Crippen molar-refractivity contribution in [2.45, 2.75) is 85.2 Å². The van der Waals surface area contributed by atoms with Gasteiger partial charge in [-0.2, -0.15) is 0 Å². The average Bonchev–Trinajstić information content (AvgIpc) is 2.63. The van der Waals surface area contributed by atoms with Crippen molar-refractivity contribution in [1.29, 1.82) is 0 Å². The van der Waals surface area contributed by atoms with Crippen molar-refractivity contribution in [3.05, 3.63) is 0 Å². The Labute approximate surface area is 169 Å². The lowest BCUT2D eigenvalue weighted by Crippen LogP contribution is -2.60. The van der Waals surface area contributed by atoms with Crippen LogP contribution in [0.3, 0.4) is 0 Å². The maximum absolute atomic E-state index is 12.7. The second-order valence-electron chi connectivity index (χ2n) is 10.4. The number of ether oxygens (including phenoxy) is 2. The second kappa shape index (κ2) is 7.62. The summed E-state index contributed by atoms with van der Waals surface area (Å²) in [6.07, 6.45) is 7.34. The summed E-state index contributed by atoms with van der Waals surface area (Å²) in [5.74, 6) is 0.693. The van der Waals surface area contributed by atoms with Gasteiger partial charge in [0, 0.05) is 6.92 Å². The molecule has 0 aromatic carbocycles. The summed E-state index contributed by atoms with van der Waals surface area (Å²) in [6, 6.07) is 0. The van der Waals surface area contributed by atoms with Crippen LogP contribution in [-0.4, -0.2) is 36.9 Å². The molecule has 1 N–H and O–H groups in total. The molecule has 0 saturated heterocycles. The number of hydrogen-bond donors (Lipinski definition) is 1. The lowest BCUT2D eigenvalue weighted by Gasteiger charge is -2.63. The summed E-state index contributed by atoms with van der Waals surface area (Å²) in [4.78, 5) is 23.8. The Morgan fingerprint density at radius 1 is 1.07 bits per heavy atom. The first-order chi connectivity index (χ1) is 13.1. The molecule has 160 valence electrons. The van der Waals surface area contributed by atoms with Gasteiger partial charge in [0.05, 0.1) is 25.2 Å². The summed E-state index contributed by atoms with van der Waals surface area (Å²) in [5, 5.41) is 11.3. The van der Waals surface area contributed by atoms with E-state index in [1.54, 1.807) is 0 Å². The molecule has 5 nitrogen and oxygen atoms in total. The van der Waals surface area contributed by atoms with Crippen LogP contribution in [0.5, 0.6) is 0 Å². The molecule has 3 rings (SSSR count). The molecular weight excluding hydrogens is 356 g/mol. The highest BCUT2D eigenvalue weighted by Crippen LogP contribution is 2.65. The van der Waals surface area contributed by atoms with Gasteiger partial charge in [0.2, 0.25) is 0 Å². The first-order valence-corrected chi connectivity index (χ1v) is 11.0. The minimum absolute atomic E-state index is 0.0653. The molecule has 0 aliphatic heterocycles. The number of aliphatic hydroxyl groups excluding tert-OH is 1. The van der Waals surface area contributed by atoms with Crippen molar-refractivity contribution >= 4 is 11.9 Å². The number of esters is 2. The Kier molecular flexibility index (Phi) is 5.88. The molecule has 3 aliphatic rings. The van der Waals surface area contributed by atoms with E-state index < -0.39 is 5.41 Å². The predicted molar refractivity (Wildman–Crippen MR) is 106 cm³/mol. The van der Waals surface area contributed by atoms with Crippen LogP contribution in [-0.2, 0) is 19.1 Å². The first-order valence-electron chi connectivity index (χ1n) is 11.0. The molecular formula is C23H38O5. The Balaban J connectivity index is 1.80. The number of rotatable bonds is 4. The van der Waals surface area contributed by atoms with E-state index in [1.807, 2.05) is 0 Å². The molecule has 3 fully saturated rings. The molecule has 0 bridgehead atoms. The average molecular weight is 395 g/mol. The maximum Gasteiger partial charge on any atom is 0.311 e. The number of methoxy groups -OCH3 is 1. The Morgan fingerprint density at radius 2 is 1.79 bits per heavy atom. The highest BCUT2D eigenvalue weighted by molar-refractivity contribution is 5.77. The van der Waals surface area contributed by atoms with Gasteiger partial charge in [0.1, 0.15) is 0 Å². The minimum Gasteiger partial charge on any atom is -0.469 e. The van der Waals surface area contributed by atoms with Crippen LogP contribution in [0, 0.1) is 34.0 Å². The third-order valence-corrected chi connectivity index (χ3v) is 8.91. The standard InChI is InChI=1S/C23H38O5/c1-15(24)28-14-13-21(2)12-9-17-16(19(21)25)7-8-18-22(17,3)10-6-11-23(18,4)20(26)27-5/h16-19,25H,6-14H2,1-5H3/t16-,17+,18-,19+,21-,22-,23-/m1/s1. The van der Waals surface area contributed by atoms with Gasteiger partial charge >= 0.3 is 11.9 Å². The molecule has 0 radical (unpaired) electrons. The summed E-state index contributed by atoms with van der Waals surface area (Å²) >= 11 is 0. The fraction of sp³-hybridized carbons (Fsp3) is 0.913. The molecule has 0 spiro atoms. The smallest absolute Gasteiger partial charge is 0.311 e. The lowest BCUT2D eigenvalue weighted by molar-refractivity contribution is -0.192. The predicted octanol–water partition coefficient (Wildman–Crippen LogP) is 4.11. The fourth-order valence-corrected chi connectivity index (χ4v) is 7.30. The number of fused-ring (bicyclic) bond motifs is 3. The van der Waals surface area contributed by atoms with Crippen LogP contribution in [0.4, 0.5) is 0 Å². The lowest BCUT2D eigenvalue weighted by atomic mass is 9.42. The highest BCUT2D eigenvalue weighted by atomic mass is 16.5. The van der Waals surface area contributed by atoms with Gasteiger partial charge in [0.25, 0.3) is 0 Å². The van der Waals surface area contributed by atoms with Gasteiger partial charge in [-0.05, 0) is 80.5 Å². The van der Waals surface area contributed by atoms with Gasteiger partial charge in [-0.15, -0.1) is 0 Å². The van der Waals surface area contributed by atoms with E-state index >= 15 is 0 Å². The minimum atomic E-state index is -0.409. The topological polar surface area (TPSA) is 72.8 Å². The monoisotopic (exact) mass is 394 g/mol. The zero-order chi connectivity index (χ0) is 20.7. The Morgan fingerprint density at radius 3 is 2.43 bits per heavy atom. The highest BCUT2D eigenvalue weighted by Gasteiger charge is 2.62. The summed E-state index contributed by atoms with van der Waals surface area (Å²) in [5.41, 5.74) is -0.545. The van der Waals surface area contributed by atoms with Crippen LogP contribution in [0.25, 0.3) is 0 Å². The van der Waals surface area contributed by atoms with E-state index in [0.29, 0.717) is 24.9 Å². The molecule has 0 amide bonds. The normalized spacial score (nSPS) is 45.5. The number of hydrogen-bond acceptors (Lipinski definition) is 5. The van der Waals surface area contributed by atoms with Crippen molar-refractivity contribution in [2.75, 3.05) is 13.7 Å². The first kappa shape index (κ1) is 21.6. The van der Waals surface area contributed by atoms with E-state index in [2.05, 4.69) is 20.8 Å². The third kappa shape index (κ3) is 3.38. The molecule has 0 heterocycles. The van der Waals surface area contributed by atoms with Crippen molar-refractivity contribution in [3.8, 4) is 0 Å². The van der Waals surface area contributed by atoms with Crippen LogP contribution in [0.15, 0.2) is 0 Å². The van der Waals surface area contributed by atoms with Gasteiger partial charge < -0.3 is 14.6 Å². The molecule has 7 atom stereocenters. The fourth-order valence-electron chi connectivity index (χ4n) is 7.30. The number of carbonyl (C=O) groups excluding carboxylic acids is 2. The number of aliphatic hydroxyl groups is 1. The molecule has 3 saturated carbocycles. The maximum atomic E-state index is 12.7. The van der Waals surface area contributed by atoms with E-state index in [4.69, 9.17) is 9.47 Å². The van der Waals surface area contributed by atoms with Crippen molar-refractivity contribution in [3.63, 3.8) is 0 Å². The van der Waals surface area contributed by atoms with Crippen LogP contribution in [0.1, 0.15) is 79.1 Å². The summed E-state index contributed by atoms with van der Waals surface area (Å²) < 4.78 is 10.4. The Hall–Kier alpha value is -1.10. The van der Waals surface area contributed by atoms with Gasteiger partial charge in [-0.1, -0.05) is 20.3 Å². The van der Waals surface area contributed by atoms with Crippen molar-refractivity contribution in [2.24, 2.45) is 34.0 Å². The molecule has 5 heteroatoms. The van der Waals surface area contributed by atoms with E-state index in [9.17, 15) is 14.7 Å². The van der Waals surface area contributed by atoms with Crippen LogP contribution in [0.2, 0.25) is 0 Å². The largest absolute Gasteiger partial charge is 0.469 e. The molecule has 0 aromatic rings. The van der Waals surface area contributed by atoms with E-state index in [0.717, 1.165) is 44.9 Å². The van der Waals surface area contributed by atoms with Gasteiger partial charge in [0.15, 0.2) is 0 Å². The van der Waals surface area contributed by atoms with Gasteiger partial charge in [-0.3, -0.25) is 9.59 Å². The molecule has 28 heavy (non-hydrogen) atoms. The quantitative estimate of drug-likeness (QED) is 0.727. The Bertz CT molecular complexity index is 618. The second-order valence-corrected chi connectivity index (χ2v) is 10.4. The SMILES string of the molecule is COC(=O)[C@]1(C)CCC[C@@]2(C)[C@H]1CC[C@H]1[C@H](O)[C@@](C)(CCOC(C)=O)CC[C@@H]12. The van der Waals surface area contributed by atoms with Crippen LogP contribution >= 0.6 is 0 Å². The molecule has 0 aromatic heterocycles. The van der Waals surface area contributed by atoms with E-state index in [-0.39, 0.29) is 34.8 Å². The summed E-state index contributed by atoms with van der Waals surface area (Å²) in [7, 11) is 1.50. The van der Waals surface area contributed by atoms with Gasteiger partial charge in [-0.25, -0.2) is 0 Å². The third-order valence-electron chi connectivity index (χ3n) is 8.91. The molecule has 0 unspecified atom stereocenters. The van der Waals surface area contributed by atoms with Crippen LogP contribution < -0.4 is 0 Å². The number of carbonyl (C=O) groups is 2. The zero-order valence-corrected chi connectivity index (χ0v) is 18.3.